The number of rotatable bonds is 4. The molecule has 3 heterocycles. The molecule has 2 aliphatic rings. The second-order valence-corrected chi connectivity index (χ2v) is 7.56. The average molecular weight is 385 g/mol. The maximum atomic E-state index is 13.0. The van der Waals surface area contributed by atoms with Crippen LogP contribution in [0.5, 0.6) is 5.75 Å². The molecule has 0 N–H and O–H groups in total. The summed E-state index contributed by atoms with van der Waals surface area (Å²) in [6.45, 7) is 8.47. The van der Waals surface area contributed by atoms with Crippen molar-refractivity contribution in [2.24, 2.45) is 0 Å². The third-order valence-corrected chi connectivity index (χ3v) is 5.62. The van der Waals surface area contributed by atoms with Crippen LogP contribution < -0.4 is 4.74 Å². The van der Waals surface area contributed by atoms with Gasteiger partial charge in [0.2, 0.25) is 0 Å². The molecule has 0 spiro atoms. The molecule has 8 nitrogen and oxygen atoms in total. The molecule has 8 heteroatoms. The van der Waals surface area contributed by atoms with Crippen molar-refractivity contribution in [2.75, 3.05) is 33.3 Å². The molecule has 0 saturated carbocycles. The molecule has 28 heavy (non-hydrogen) atoms. The molecule has 1 aromatic heterocycles. The van der Waals surface area contributed by atoms with E-state index in [0.29, 0.717) is 24.9 Å². The van der Waals surface area contributed by atoms with Crippen molar-refractivity contribution >= 4 is 5.91 Å². The number of amides is 1. The Morgan fingerprint density at radius 1 is 1.18 bits per heavy atom. The minimum Gasteiger partial charge on any atom is -0.497 e. The van der Waals surface area contributed by atoms with E-state index in [9.17, 15) is 4.79 Å². The zero-order valence-electron chi connectivity index (χ0n) is 16.7. The van der Waals surface area contributed by atoms with Crippen LogP contribution in [0.15, 0.2) is 24.3 Å². The summed E-state index contributed by atoms with van der Waals surface area (Å²) in [7, 11) is 1.65. The Morgan fingerprint density at radius 2 is 1.89 bits per heavy atom. The van der Waals surface area contributed by atoms with E-state index in [4.69, 9.17) is 9.47 Å². The molecule has 0 unspecified atom stereocenters. The lowest BCUT2D eigenvalue weighted by atomic mass is 10.1. The topological polar surface area (TPSA) is 72.7 Å². The number of fused-ring (bicyclic) bond motifs is 1. The highest BCUT2D eigenvalue weighted by atomic mass is 16.5. The average Bonchev–Trinajstić information content (AvgIpc) is 3.16. The number of benzene rings is 1. The van der Waals surface area contributed by atoms with E-state index < -0.39 is 0 Å². The summed E-state index contributed by atoms with van der Waals surface area (Å²) in [6.07, 6.45) is -0.113. The van der Waals surface area contributed by atoms with E-state index >= 15 is 0 Å². The fourth-order valence-electron chi connectivity index (χ4n) is 3.79. The molecule has 150 valence electrons. The molecule has 1 amide bonds. The number of carbonyl (C=O) groups is 1. The van der Waals surface area contributed by atoms with Gasteiger partial charge in [0.05, 0.1) is 26.0 Å². The molecule has 1 fully saturated rings. The highest BCUT2D eigenvalue weighted by Gasteiger charge is 2.31. The van der Waals surface area contributed by atoms with Gasteiger partial charge in [-0.05, 0) is 31.5 Å². The van der Waals surface area contributed by atoms with Gasteiger partial charge in [0.15, 0.2) is 5.69 Å². The van der Waals surface area contributed by atoms with Crippen LogP contribution in [0, 0.1) is 0 Å². The SMILES string of the molecule is COc1ccc([C@H]2Cn3nnc(C(=O)N4CCN(C(C)C)CC4)c3CO2)cc1. The molecule has 1 saturated heterocycles. The summed E-state index contributed by atoms with van der Waals surface area (Å²) in [5.74, 6) is 0.766. The lowest BCUT2D eigenvalue weighted by Crippen LogP contribution is -2.51. The van der Waals surface area contributed by atoms with Gasteiger partial charge in [-0.25, -0.2) is 4.68 Å². The standard InChI is InChI=1S/C20H27N5O3/c1-14(2)23-8-10-24(11-9-23)20(26)19-17-13-28-18(12-25(17)22-21-19)15-4-6-16(27-3)7-5-15/h4-7,14,18H,8-13H2,1-3H3/t18-/m1/s1. The normalized spacial score (nSPS) is 20.3. The third kappa shape index (κ3) is 3.62. The number of ether oxygens (including phenoxy) is 2. The highest BCUT2D eigenvalue weighted by Crippen LogP contribution is 2.28. The largest absolute Gasteiger partial charge is 0.497 e. The van der Waals surface area contributed by atoms with Crippen molar-refractivity contribution in [2.45, 2.75) is 39.1 Å². The molecule has 2 aliphatic heterocycles. The first-order valence-corrected chi connectivity index (χ1v) is 9.78. The summed E-state index contributed by atoms with van der Waals surface area (Å²) in [4.78, 5) is 17.2. The van der Waals surface area contributed by atoms with Crippen LogP contribution in [0.4, 0.5) is 0 Å². The van der Waals surface area contributed by atoms with Crippen molar-refractivity contribution in [1.29, 1.82) is 0 Å². The molecular formula is C20H27N5O3. The Kier molecular flexibility index (Phi) is 5.32. The van der Waals surface area contributed by atoms with Crippen LogP contribution in [0.25, 0.3) is 0 Å². The first kappa shape index (κ1) is 18.9. The molecule has 1 atom stereocenters. The number of carbonyl (C=O) groups excluding carboxylic acids is 1. The zero-order chi connectivity index (χ0) is 19.7. The number of piperazine rings is 1. The van der Waals surface area contributed by atoms with Gasteiger partial charge in [-0.1, -0.05) is 17.3 Å². The molecule has 1 aromatic carbocycles. The van der Waals surface area contributed by atoms with Gasteiger partial charge in [-0.15, -0.1) is 5.10 Å². The van der Waals surface area contributed by atoms with Crippen LogP contribution in [0.1, 0.15) is 41.7 Å². The van der Waals surface area contributed by atoms with Crippen molar-refractivity contribution < 1.29 is 14.3 Å². The molecular weight excluding hydrogens is 358 g/mol. The molecule has 4 rings (SSSR count). The minimum atomic E-state index is -0.113. The summed E-state index contributed by atoms with van der Waals surface area (Å²) in [5.41, 5.74) is 2.24. The summed E-state index contributed by atoms with van der Waals surface area (Å²) < 4.78 is 13.0. The first-order chi connectivity index (χ1) is 13.6. The fraction of sp³-hybridized carbons (Fsp3) is 0.550. The highest BCUT2D eigenvalue weighted by molar-refractivity contribution is 5.93. The Labute approximate surface area is 165 Å². The number of methoxy groups -OCH3 is 1. The zero-order valence-corrected chi connectivity index (χ0v) is 16.7. The Hall–Kier alpha value is -2.45. The molecule has 0 radical (unpaired) electrons. The monoisotopic (exact) mass is 385 g/mol. The Bertz CT molecular complexity index is 825. The maximum Gasteiger partial charge on any atom is 0.276 e. The second kappa shape index (κ2) is 7.89. The van der Waals surface area contributed by atoms with Crippen molar-refractivity contribution in [1.82, 2.24) is 24.8 Å². The van der Waals surface area contributed by atoms with Gasteiger partial charge in [0, 0.05) is 32.2 Å². The maximum absolute atomic E-state index is 13.0. The molecule has 0 bridgehead atoms. The number of nitrogens with zero attached hydrogens (tertiary/aromatic N) is 5. The van der Waals surface area contributed by atoms with Gasteiger partial charge in [-0.2, -0.15) is 0 Å². The lowest BCUT2D eigenvalue weighted by molar-refractivity contribution is -0.00208. The van der Waals surface area contributed by atoms with Crippen LogP contribution in [-0.4, -0.2) is 70.0 Å². The lowest BCUT2D eigenvalue weighted by Gasteiger charge is -2.36. The summed E-state index contributed by atoms with van der Waals surface area (Å²) >= 11 is 0. The van der Waals surface area contributed by atoms with Crippen molar-refractivity contribution in [3.8, 4) is 5.75 Å². The molecule has 0 aliphatic carbocycles. The predicted octanol–water partition coefficient (Wildman–Crippen LogP) is 1.72. The smallest absolute Gasteiger partial charge is 0.276 e. The van der Waals surface area contributed by atoms with E-state index in [0.717, 1.165) is 43.2 Å². The van der Waals surface area contributed by atoms with Crippen LogP contribution >= 0.6 is 0 Å². The predicted molar refractivity (Wildman–Crippen MR) is 103 cm³/mol. The third-order valence-electron chi connectivity index (χ3n) is 5.62. The van der Waals surface area contributed by atoms with Crippen LogP contribution in [0.3, 0.4) is 0 Å². The van der Waals surface area contributed by atoms with Gasteiger partial charge in [0.1, 0.15) is 11.9 Å². The fourth-order valence-corrected chi connectivity index (χ4v) is 3.79. The van der Waals surface area contributed by atoms with Gasteiger partial charge < -0.3 is 14.4 Å². The number of hydrogen-bond acceptors (Lipinski definition) is 6. The quantitative estimate of drug-likeness (QED) is 0.798. The van der Waals surface area contributed by atoms with Crippen molar-refractivity contribution in [3.05, 3.63) is 41.2 Å². The number of aromatic nitrogens is 3. The van der Waals surface area contributed by atoms with E-state index in [1.807, 2.05) is 29.2 Å². The van der Waals surface area contributed by atoms with E-state index in [1.165, 1.54) is 0 Å². The van der Waals surface area contributed by atoms with E-state index in [1.54, 1.807) is 11.8 Å². The van der Waals surface area contributed by atoms with E-state index in [2.05, 4.69) is 29.1 Å². The number of hydrogen-bond donors (Lipinski definition) is 0. The first-order valence-electron chi connectivity index (χ1n) is 9.78. The van der Waals surface area contributed by atoms with Crippen LogP contribution in [-0.2, 0) is 17.9 Å². The summed E-state index contributed by atoms with van der Waals surface area (Å²) in [5, 5.41) is 8.42. The van der Waals surface area contributed by atoms with Gasteiger partial charge in [-0.3, -0.25) is 9.69 Å². The summed E-state index contributed by atoms with van der Waals surface area (Å²) in [6, 6.07) is 8.32. The van der Waals surface area contributed by atoms with Gasteiger partial charge in [0.25, 0.3) is 5.91 Å². The Balaban J connectivity index is 1.44. The molecule has 2 aromatic rings. The van der Waals surface area contributed by atoms with Crippen molar-refractivity contribution in [3.63, 3.8) is 0 Å². The van der Waals surface area contributed by atoms with E-state index in [-0.39, 0.29) is 12.0 Å². The second-order valence-electron chi connectivity index (χ2n) is 7.56. The Morgan fingerprint density at radius 3 is 2.54 bits per heavy atom. The van der Waals surface area contributed by atoms with Crippen LogP contribution in [0.2, 0.25) is 0 Å². The minimum absolute atomic E-state index is 0.0452. The van der Waals surface area contributed by atoms with Gasteiger partial charge >= 0.3 is 0 Å².